The Hall–Kier alpha value is -0.609. The Morgan fingerprint density at radius 1 is 0.919 bits per heavy atom. The number of amides is 3. The topological polar surface area (TPSA) is 95.6 Å². The predicted octanol–water partition coefficient (Wildman–Crippen LogP) is 4.73. The summed E-state index contributed by atoms with van der Waals surface area (Å²) in [5, 5.41) is 2.55. The van der Waals surface area contributed by atoms with Crippen LogP contribution in [0.15, 0.2) is 0 Å². The van der Waals surface area contributed by atoms with E-state index in [1.54, 1.807) is 0 Å². The van der Waals surface area contributed by atoms with Gasteiger partial charge >= 0.3 is 23.2 Å². The average molecular weight is 571 g/mol. The van der Waals surface area contributed by atoms with Crippen LogP contribution in [0.5, 0.6) is 0 Å². The maximum Gasteiger partial charge on any atom is 0.335 e. The second kappa shape index (κ2) is 8.95. The van der Waals surface area contributed by atoms with Crippen LogP contribution in [0.4, 0.5) is 4.79 Å². The minimum absolute atomic E-state index is 0.0517. The van der Waals surface area contributed by atoms with Gasteiger partial charge in [-0.2, -0.15) is 0 Å². The van der Waals surface area contributed by atoms with Crippen LogP contribution in [-0.2, 0) is 26.9 Å². The van der Waals surface area contributed by atoms with Crippen molar-refractivity contribution >= 4 is 37.4 Å². The largest absolute Gasteiger partial charge is 0.414 e. The number of carbonyl (C=O) groups excluding carboxylic acids is 2. The number of rotatable bonds is 4. The number of fused-ring (bicyclic) bond motifs is 3. The number of hydrogen-bond donors (Lipinski definition) is 1. The highest BCUT2D eigenvalue weighted by molar-refractivity contribution is 6.84. The fourth-order valence-electron chi connectivity index (χ4n) is 7.97. The Bertz CT molecular complexity index is 945. The van der Waals surface area contributed by atoms with Gasteiger partial charge in [-0.15, -0.1) is 0 Å². The first-order valence-electron chi connectivity index (χ1n) is 14.1. The third kappa shape index (κ3) is 3.76. The van der Waals surface area contributed by atoms with E-state index in [0.29, 0.717) is 13.0 Å². The molecule has 0 aromatic carbocycles. The maximum atomic E-state index is 13.3. The van der Waals surface area contributed by atoms with Crippen LogP contribution < -0.4 is 5.32 Å². The lowest BCUT2D eigenvalue weighted by Gasteiger charge is -2.51. The van der Waals surface area contributed by atoms with Gasteiger partial charge in [0.25, 0.3) is 0 Å². The maximum absolute atomic E-state index is 13.3. The zero-order chi connectivity index (χ0) is 27.3. The van der Waals surface area contributed by atoms with Crippen LogP contribution >= 0.6 is 0 Å². The molecule has 37 heavy (non-hydrogen) atoms. The number of hydrogen-bond acceptors (Lipinski definition) is 7. The molecule has 5 aliphatic rings. The average Bonchev–Trinajstić information content (AvgIpc) is 3.30. The van der Waals surface area contributed by atoms with Crippen molar-refractivity contribution in [2.75, 3.05) is 6.61 Å². The number of imide groups is 1. The van der Waals surface area contributed by atoms with Gasteiger partial charge in [0.1, 0.15) is 18.3 Å². The van der Waals surface area contributed by atoms with Crippen LogP contribution in [0.2, 0.25) is 40.8 Å². The summed E-state index contributed by atoms with van der Waals surface area (Å²) in [5.74, 6) is -0.216. The molecule has 5 heterocycles. The van der Waals surface area contributed by atoms with Crippen molar-refractivity contribution in [1.29, 1.82) is 0 Å². The van der Waals surface area contributed by atoms with E-state index in [-0.39, 0.29) is 51.8 Å². The Morgan fingerprint density at radius 2 is 1.51 bits per heavy atom. The second-order valence-corrected chi connectivity index (χ2v) is 26.5. The Kier molecular flexibility index (Phi) is 6.76. The molecule has 0 unspecified atom stereocenters. The van der Waals surface area contributed by atoms with Crippen LogP contribution in [0.25, 0.3) is 0 Å². The smallest absolute Gasteiger partial charge is 0.335 e. The first-order valence-corrected chi connectivity index (χ1v) is 21.1. The van der Waals surface area contributed by atoms with Crippen LogP contribution in [-0.4, -0.2) is 79.0 Å². The summed E-state index contributed by atoms with van der Waals surface area (Å²) in [5.41, 5.74) is -0.0450. The highest BCUT2D eigenvalue weighted by Crippen LogP contribution is 2.64. The number of nitrogens with one attached hydrogen (secondary N) is 1. The second-order valence-electron chi connectivity index (χ2n) is 13.5. The minimum Gasteiger partial charge on any atom is -0.414 e. The molecule has 1 spiro atoms. The van der Waals surface area contributed by atoms with Gasteiger partial charge in [0.15, 0.2) is 14.0 Å². The van der Waals surface area contributed by atoms with Crippen molar-refractivity contribution in [2.24, 2.45) is 0 Å². The van der Waals surface area contributed by atoms with Gasteiger partial charge in [0.2, 0.25) is 5.91 Å². The Morgan fingerprint density at radius 3 is 2.08 bits per heavy atom. The van der Waals surface area contributed by atoms with E-state index in [9.17, 15) is 9.59 Å². The number of nitrogens with zero attached hydrogens (tertiary/aromatic N) is 1. The molecule has 9 nitrogen and oxygen atoms in total. The van der Waals surface area contributed by atoms with E-state index in [1.807, 2.05) is 4.90 Å². The zero-order valence-electron chi connectivity index (χ0n) is 24.1. The van der Waals surface area contributed by atoms with Gasteiger partial charge in [-0.3, -0.25) is 15.0 Å². The quantitative estimate of drug-likeness (QED) is 0.489. The standard InChI is InChI=1S/C25H46N2O7Si3/c1-14(2)36(15(3)4)30-13-19-22(32-37(34-36,16(5)6)17(7)8)23-25(31-19)20(35(9,10)33-23)11-18-12-21(28)26-24(29)27(18)25/h14-20,22-23H,11-13H2,1-10H3,(H,26,28,29)/t18-,19-,20-,22-,23-,25-/m1/s1. The van der Waals surface area contributed by atoms with E-state index in [0.717, 1.165) is 6.42 Å². The molecule has 0 bridgehead atoms. The van der Waals surface area contributed by atoms with E-state index < -0.39 is 43.4 Å². The van der Waals surface area contributed by atoms with Crippen LogP contribution in [0.1, 0.15) is 68.2 Å². The lowest BCUT2D eigenvalue weighted by atomic mass is 10.00. The van der Waals surface area contributed by atoms with E-state index in [1.165, 1.54) is 0 Å². The molecule has 0 radical (unpaired) electrons. The van der Waals surface area contributed by atoms with Gasteiger partial charge in [-0.25, -0.2) is 4.79 Å². The fraction of sp³-hybridized carbons (Fsp3) is 0.920. The lowest BCUT2D eigenvalue weighted by molar-refractivity contribution is -0.148. The molecule has 5 saturated heterocycles. The van der Waals surface area contributed by atoms with E-state index in [2.05, 4.69) is 73.8 Å². The monoisotopic (exact) mass is 570 g/mol. The van der Waals surface area contributed by atoms with Gasteiger partial charge in [0.05, 0.1) is 6.61 Å². The molecule has 0 saturated carbocycles. The molecule has 0 aromatic rings. The molecule has 210 valence electrons. The summed E-state index contributed by atoms with van der Waals surface area (Å²) in [4.78, 5) is 27.4. The summed E-state index contributed by atoms with van der Waals surface area (Å²) in [6, 6.07) is -0.553. The lowest BCUT2D eigenvalue weighted by Crippen LogP contribution is -2.66. The number of carbonyl (C=O) groups is 2. The Labute approximate surface area is 224 Å². The van der Waals surface area contributed by atoms with Crippen LogP contribution in [0.3, 0.4) is 0 Å². The summed E-state index contributed by atoms with van der Waals surface area (Å²) >= 11 is 0. The highest BCUT2D eigenvalue weighted by Gasteiger charge is 2.78. The minimum atomic E-state index is -2.87. The summed E-state index contributed by atoms with van der Waals surface area (Å²) in [6.07, 6.45) is -0.187. The molecular weight excluding hydrogens is 525 g/mol. The molecule has 1 N–H and O–H groups in total. The molecule has 3 amide bonds. The molecule has 0 aliphatic carbocycles. The zero-order valence-corrected chi connectivity index (χ0v) is 27.1. The third-order valence-electron chi connectivity index (χ3n) is 9.65. The van der Waals surface area contributed by atoms with Crippen molar-refractivity contribution in [2.45, 2.75) is 139 Å². The van der Waals surface area contributed by atoms with Gasteiger partial charge in [-0.05, 0) is 41.7 Å². The van der Waals surface area contributed by atoms with Crippen molar-refractivity contribution in [3.05, 3.63) is 0 Å². The summed E-state index contributed by atoms with van der Waals surface area (Å²) < 4.78 is 35.6. The molecule has 5 rings (SSSR count). The van der Waals surface area contributed by atoms with Crippen molar-refractivity contribution in [3.8, 4) is 0 Å². The molecular formula is C25H46N2O7Si3. The van der Waals surface area contributed by atoms with E-state index in [4.69, 9.17) is 22.1 Å². The normalized spacial score (nSPS) is 39.9. The molecule has 6 atom stereocenters. The number of ether oxygens (including phenoxy) is 1. The van der Waals surface area contributed by atoms with Gasteiger partial charge in [-0.1, -0.05) is 55.4 Å². The molecule has 5 aliphatic heterocycles. The van der Waals surface area contributed by atoms with Gasteiger partial charge < -0.3 is 22.1 Å². The Balaban J connectivity index is 1.63. The first kappa shape index (κ1) is 27.9. The predicted molar refractivity (Wildman–Crippen MR) is 146 cm³/mol. The van der Waals surface area contributed by atoms with Gasteiger partial charge in [0, 0.05) is 18.0 Å². The highest BCUT2D eigenvalue weighted by atomic mass is 28.5. The first-order chi connectivity index (χ1) is 17.1. The van der Waals surface area contributed by atoms with Crippen molar-refractivity contribution in [1.82, 2.24) is 10.2 Å². The van der Waals surface area contributed by atoms with E-state index >= 15 is 0 Å². The number of urea groups is 1. The molecule has 5 fully saturated rings. The summed E-state index contributed by atoms with van der Waals surface area (Å²) in [6.45, 7) is 22.4. The van der Waals surface area contributed by atoms with Crippen molar-refractivity contribution < 1.29 is 31.7 Å². The molecule has 12 heteroatoms. The SMILES string of the molecule is CC(C)[Si]1(C(C)C)OC[C@H]2O[C@@]34[C@H](O[Si](C)(C)[C@@H]3C[C@@H]3CC(=O)NC(=O)N34)[C@@H]2O[Si](C(C)C)(C(C)C)O1. The van der Waals surface area contributed by atoms with Crippen molar-refractivity contribution in [3.63, 3.8) is 0 Å². The third-order valence-corrected chi connectivity index (χ3v) is 23.1. The summed E-state index contributed by atoms with van der Waals surface area (Å²) in [7, 11) is -7.87. The molecule has 0 aromatic heterocycles. The van der Waals surface area contributed by atoms with Crippen LogP contribution in [0, 0.1) is 0 Å². The fourth-order valence-corrected chi connectivity index (χ4v) is 22.5.